The molecule has 1 N–H and O–H groups in total. The Labute approximate surface area is 161 Å². The van der Waals surface area contributed by atoms with E-state index in [4.69, 9.17) is 0 Å². The number of piperidine rings is 4. The second-order valence-corrected chi connectivity index (χ2v) is 8.71. The van der Waals surface area contributed by atoms with Gasteiger partial charge in [0.1, 0.15) is 0 Å². The lowest BCUT2D eigenvalue weighted by atomic mass is 9.76. The van der Waals surface area contributed by atoms with Crippen molar-refractivity contribution in [2.75, 3.05) is 39.3 Å². The number of amides is 4. The minimum absolute atomic E-state index is 0.0385. The zero-order valence-corrected chi connectivity index (χ0v) is 16.4. The Morgan fingerprint density at radius 1 is 1.07 bits per heavy atom. The Hall–Kier alpha value is -1.79. The molecule has 4 amide bonds. The highest BCUT2D eigenvalue weighted by molar-refractivity contribution is 5.80. The maximum atomic E-state index is 13.1. The van der Waals surface area contributed by atoms with Crippen LogP contribution in [-0.4, -0.2) is 77.9 Å². The van der Waals surface area contributed by atoms with E-state index >= 15 is 0 Å². The van der Waals surface area contributed by atoms with Crippen molar-refractivity contribution >= 4 is 17.8 Å². The van der Waals surface area contributed by atoms with Crippen molar-refractivity contribution in [2.24, 2.45) is 17.8 Å². The Morgan fingerprint density at radius 3 is 2.59 bits per heavy atom. The van der Waals surface area contributed by atoms with Crippen molar-refractivity contribution in [2.45, 2.75) is 51.5 Å². The van der Waals surface area contributed by atoms with Crippen molar-refractivity contribution in [3.8, 4) is 0 Å². The molecule has 7 nitrogen and oxygen atoms in total. The van der Waals surface area contributed by atoms with E-state index in [1.807, 2.05) is 16.7 Å². The van der Waals surface area contributed by atoms with Gasteiger partial charge in [0.25, 0.3) is 0 Å². The van der Waals surface area contributed by atoms with Gasteiger partial charge in [-0.05, 0) is 50.9 Å². The van der Waals surface area contributed by atoms with E-state index in [1.54, 1.807) is 0 Å². The van der Waals surface area contributed by atoms with Crippen LogP contribution in [0.25, 0.3) is 0 Å². The first-order valence-electron chi connectivity index (χ1n) is 10.7. The maximum Gasteiger partial charge on any atom is 0.320 e. The molecule has 4 saturated heterocycles. The number of hydrogen-bond donors (Lipinski definition) is 1. The van der Waals surface area contributed by atoms with Crippen LogP contribution in [-0.2, 0) is 9.59 Å². The SMILES string of the molecule is CCNC(=O)C1CCN(C(=O)N2C[C@H]3C[C@H](C2)[C@H]2CCCC(=O)N2C3)CC1. The number of nitrogens with one attached hydrogen (secondary N) is 1. The zero-order chi connectivity index (χ0) is 19.0. The summed E-state index contributed by atoms with van der Waals surface area (Å²) < 4.78 is 0. The van der Waals surface area contributed by atoms with E-state index in [-0.39, 0.29) is 17.9 Å². The molecular formula is C20H32N4O3. The first-order valence-corrected chi connectivity index (χ1v) is 10.7. The van der Waals surface area contributed by atoms with Crippen LogP contribution < -0.4 is 5.32 Å². The molecule has 2 bridgehead atoms. The average Bonchev–Trinajstić information content (AvgIpc) is 2.68. The van der Waals surface area contributed by atoms with Crippen LogP contribution in [0.1, 0.15) is 45.4 Å². The highest BCUT2D eigenvalue weighted by Gasteiger charge is 2.45. The molecule has 7 heteroatoms. The second-order valence-electron chi connectivity index (χ2n) is 8.71. The van der Waals surface area contributed by atoms with E-state index in [9.17, 15) is 14.4 Å². The van der Waals surface area contributed by atoms with E-state index in [1.165, 1.54) is 0 Å². The van der Waals surface area contributed by atoms with Crippen molar-refractivity contribution in [1.82, 2.24) is 20.0 Å². The summed E-state index contributed by atoms with van der Waals surface area (Å²) in [5.41, 5.74) is 0. The van der Waals surface area contributed by atoms with Crippen molar-refractivity contribution in [3.05, 3.63) is 0 Å². The van der Waals surface area contributed by atoms with Gasteiger partial charge in [-0.2, -0.15) is 0 Å². The highest BCUT2D eigenvalue weighted by atomic mass is 16.2. The summed E-state index contributed by atoms with van der Waals surface area (Å²) in [4.78, 5) is 43.4. The molecule has 0 spiro atoms. The van der Waals surface area contributed by atoms with Crippen LogP contribution in [0.4, 0.5) is 4.79 Å². The Bertz CT molecular complexity index is 602. The van der Waals surface area contributed by atoms with Crippen LogP contribution >= 0.6 is 0 Å². The third-order valence-corrected chi connectivity index (χ3v) is 6.94. The molecule has 0 aromatic rings. The maximum absolute atomic E-state index is 13.1. The lowest BCUT2D eigenvalue weighted by molar-refractivity contribution is -0.144. The fourth-order valence-corrected chi connectivity index (χ4v) is 5.62. The second kappa shape index (κ2) is 7.68. The van der Waals surface area contributed by atoms with Crippen LogP contribution in [0.3, 0.4) is 0 Å². The molecule has 0 aromatic carbocycles. The number of urea groups is 1. The van der Waals surface area contributed by atoms with Gasteiger partial charge >= 0.3 is 6.03 Å². The number of carbonyl (C=O) groups excluding carboxylic acids is 3. The molecule has 4 aliphatic rings. The predicted molar refractivity (Wildman–Crippen MR) is 101 cm³/mol. The molecule has 3 atom stereocenters. The van der Waals surface area contributed by atoms with Gasteiger partial charge in [0.2, 0.25) is 11.8 Å². The third-order valence-electron chi connectivity index (χ3n) is 6.94. The standard InChI is InChI=1S/C20H32N4O3/c1-2-21-19(26)15-6-8-22(9-7-15)20(27)23-11-14-10-16(13-23)17-4-3-5-18(25)24(17)12-14/h14-17H,2-13H2,1H3,(H,21,26)/t14-,16-,17-/m1/s1. The molecule has 4 aliphatic heterocycles. The average molecular weight is 377 g/mol. The molecule has 4 heterocycles. The van der Waals surface area contributed by atoms with E-state index in [0.29, 0.717) is 49.8 Å². The Morgan fingerprint density at radius 2 is 1.85 bits per heavy atom. The monoisotopic (exact) mass is 376 g/mol. The quantitative estimate of drug-likeness (QED) is 0.789. The fourth-order valence-electron chi connectivity index (χ4n) is 5.62. The number of fused-ring (bicyclic) bond motifs is 4. The molecule has 0 unspecified atom stereocenters. The minimum atomic E-state index is 0.0385. The molecule has 0 aromatic heterocycles. The van der Waals surface area contributed by atoms with E-state index < -0.39 is 0 Å². The molecule has 27 heavy (non-hydrogen) atoms. The van der Waals surface area contributed by atoms with Crippen LogP contribution in [0.2, 0.25) is 0 Å². The number of hydrogen-bond acceptors (Lipinski definition) is 3. The first kappa shape index (κ1) is 18.6. The summed E-state index contributed by atoms with van der Waals surface area (Å²) in [6, 6.07) is 0.469. The van der Waals surface area contributed by atoms with Gasteiger partial charge in [0.05, 0.1) is 0 Å². The van der Waals surface area contributed by atoms with Gasteiger partial charge in [-0.3, -0.25) is 9.59 Å². The van der Waals surface area contributed by atoms with E-state index in [0.717, 1.165) is 51.7 Å². The van der Waals surface area contributed by atoms with Gasteiger partial charge in [-0.25, -0.2) is 4.79 Å². The Balaban J connectivity index is 1.34. The van der Waals surface area contributed by atoms with Gasteiger partial charge in [0, 0.05) is 57.6 Å². The van der Waals surface area contributed by atoms with Crippen LogP contribution in [0, 0.1) is 17.8 Å². The lowest BCUT2D eigenvalue weighted by Crippen LogP contribution is -2.62. The number of carbonyl (C=O) groups is 3. The van der Waals surface area contributed by atoms with Gasteiger partial charge < -0.3 is 20.0 Å². The molecule has 0 aliphatic carbocycles. The van der Waals surface area contributed by atoms with Crippen molar-refractivity contribution in [3.63, 3.8) is 0 Å². The first-order chi connectivity index (χ1) is 13.1. The zero-order valence-electron chi connectivity index (χ0n) is 16.4. The summed E-state index contributed by atoms with van der Waals surface area (Å²) in [5, 5.41) is 2.89. The minimum Gasteiger partial charge on any atom is -0.356 e. The fraction of sp³-hybridized carbons (Fsp3) is 0.850. The van der Waals surface area contributed by atoms with Gasteiger partial charge in [-0.1, -0.05) is 0 Å². The highest BCUT2D eigenvalue weighted by Crippen LogP contribution is 2.38. The van der Waals surface area contributed by atoms with E-state index in [2.05, 4.69) is 10.2 Å². The number of likely N-dealkylation sites (tertiary alicyclic amines) is 2. The van der Waals surface area contributed by atoms with Crippen molar-refractivity contribution < 1.29 is 14.4 Å². The van der Waals surface area contributed by atoms with Crippen LogP contribution in [0.15, 0.2) is 0 Å². The summed E-state index contributed by atoms with van der Waals surface area (Å²) >= 11 is 0. The predicted octanol–water partition coefficient (Wildman–Crippen LogP) is 1.29. The Kier molecular flexibility index (Phi) is 5.28. The molecule has 0 saturated carbocycles. The van der Waals surface area contributed by atoms with Crippen molar-refractivity contribution in [1.29, 1.82) is 0 Å². The molecule has 0 radical (unpaired) electrons. The lowest BCUT2D eigenvalue weighted by Gasteiger charge is -2.53. The molecule has 4 fully saturated rings. The number of rotatable bonds is 2. The van der Waals surface area contributed by atoms with Gasteiger partial charge in [-0.15, -0.1) is 0 Å². The summed E-state index contributed by atoms with van der Waals surface area (Å²) in [5.74, 6) is 1.32. The largest absolute Gasteiger partial charge is 0.356 e. The summed E-state index contributed by atoms with van der Waals surface area (Å²) in [6.07, 6.45) is 5.43. The summed E-state index contributed by atoms with van der Waals surface area (Å²) in [6.45, 7) is 6.30. The number of nitrogens with zero attached hydrogens (tertiary/aromatic N) is 3. The third kappa shape index (κ3) is 3.65. The molecular weight excluding hydrogens is 344 g/mol. The smallest absolute Gasteiger partial charge is 0.320 e. The normalized spacial score (nSPS) is 31.5. The summed E-state index contributed by atoms with van der Waals surface area (Å²) in [7, 11) is 0. The molecule has 4 rings (SSSR count). The van der Waals surface area contributed by atoms with Gasteiger partial charge in [0.15, 0.2) is 0 Å². The molecule has 150 valence electrons. The van der Waals surface area contributed by atoms with Crippen LogP contribution in [0.5, 0.6) is 0 Å². The topological polar surface area (TPSA) is 73.0 Å².